The number of hydrogen-bond donors (Lipinski definition) is 2. The first-order valence-electron chi connectivity index (χ1n) is 3.93. The van der Waals surface area contributed by atoms with Crippen LogP contribution >= 0.6 is 0 Å². The van der Waals surface area contributed by atoms with Crippen molar-refractivity contribution in [2.45, 2.75) is 12.1 Å². The zero-order valence-electron chi connectivity index (χ0n) is 7.54. The van der Waals surface area contributed by atoms with Gasteiger partial charge in [-0.15, -0.1) is 0 Å². The van der Waals surface area contributed by atoms with E-state index in [0.29, 0.717) is 12.3 Å². The predicted octanol–water partition coefficient (Wildman–Crippen LogP) is 0.415. The lowest BCUT2D eigenvalue weighted by molar-refractivity contribution is -0.290. The predicted molar refractivity (Wildman–Crippen MR) is 44.0 cm³/mol. The normalized spacial score (nSPS) is 12.7. The van der Waals surface area contributed by atoms with Crippen LogP contribution in [0.4, 0.5) is 22.0 Å². The lowest BCUT2D eigenvalue weighted by Gasteiger charge is -2.18. The van der Waals surface area contributed by atoms with Crippen molar-refractivity contribution >= 4 is 12.6 Å². The molecule has 9 heteroatoms. The minimum atomic E-state index is -5.74. The Morgan fingerprint density at radius 1 is 1.06 bits per heavy atom. The van der Waals surface area contributed by atoms with E-state index in [1.165, 1.54) is 0 Å². The molecule has 0 atom stereocenters. The van der Waals surface area contributed by atoms with Crippen LogP contribution in [-0.2, 0) is 5.92 Å². The second-order valence-corrected chi connectivity index (χ2v) is 2.92. The van der Waals surface area contributed by atoms with Gasteiger partial charge < -0.3 is 10.0 Å². The molecule has 0 aliphatic heterocycles. The molecule has 0 bridgehead atoms. The molecule has 0 aliphatic rings. The van der Waals surface area contributed by atoms with Crippen LogP contribution in [0.5, 0.6) is 0 Å². The van der Waals surface area contributed by atoms with Crippen LogP contribution in [0.3, 0.4) is 0 Å². The largest absolute Gasteiger partial charge is 0.490 e. The molecule has 1 heterocycles. The highest BCUT2D eigenvalue weighted by molar-refractivity contribution is 6.58. The minimum absolute atomic E-state index is 0.276. The first-order valence-corrected chi connectivity index (χ1v) is 3.93. The maximum atomic E-state index is 12.7. The van der Waals surface area contributed by atoms with Gasteiger partial charge in [-0.25, -0.2) is 0 Å². The van der Waals surface area contributed by atoms with Gasteiger partial charge in [-0.05, 0) is 6.07 Å². The number of rotatable bonds is 2. The fourth-order valence-corrected chi connectivity index (χ4v) is 0.889. The first-order chi connectivity index (χ1) is 7.16. The standard InChI is InChI=1S/C7H5BF5NO2/c9-6(10,7(11,12)13)5-2-1-4(3-14-5)8(15)16/h1-3,15-16H. The summed E-state index contributed by atoms with van der Waals surface area (Å²) in [5, 5.41) is 17.2. The van der Waals surface area contributed by atoms with E-state index in [9.17, 15) is 22.0 Å². The number of aromatic nitrogens is 1. The summed E-state index contributed by atoms with van der Waals surface area (Å²) in [6, 6.07) is 1.12. The third-order valence-corrected chi connectivity index (χ3v) is 1.76. The van der Waals surface area contributed by atoms with Gasteiger partial charge in [-0.1, -0.05) is 6.07 Å². The molecule has 0 unspecified atom stereocenters. The number of hydrogen-bond acceptors (Lipinski definition) is 3. The van der Waals surface area contributed by atoms with Crippen molar-refractivity contribution in [2.24, 2.45) is 0 Å². The van der Waals surface area contributed by atoms with Crippen molar-refractivity contribution in [1.29, 1.82) is 0 Å². The maximum Gasteiger partial charge on any atom is 0.490 e. The summed E-state index contributed by atoms with van der Waals surface area (Å²) in [4.78, 5) is 2.85. The Morgan fingerprint density at radius 2 is 1.62 bits per heavy atom. The van der Waals surface area contributed by atoms with Gasteiger partial charge in [0.25, 0.3) is 0 Å². The zero-order chi connectivity index (χ0) is 12.6. The monoisotopic (exact) mass is 241 g/mol. The smallest absolute Gasteiger partial charge is 0.423 e. The summed E-state index contributed by atoms with van der Waals surface area (Å²) >= 11 is 0. The van der Waals surface area contributed by atoms with Crippen molar-refractivity contribution in [1.82, 2.24) is 4.98 Å². The molecule has 88 valence electrons. The highest BCUT2D eigenvalue weighted by Gasteiger charge is 2.59. The van der Waals surface area contributed by atoms with Crippen molar-refractivity contribution in [2.75, 3.05) is 0 Å². The Labute approximate surface area is 86.7 Å². The van der Waals surface area contributed by atoms with E-state index >= 15 is 0 Å². The second kappa shape index (κ2) is 3.98. The second-order valence-electron chi connectivity index (χ2n) is 2.92. The average molecular weight is 241 g/mol. The summed E-state index contributed by atoms with van der Waals surface area (Å²) in [6.07, 6.45) is -5.20. The lowest BCUT2D eigenvalue weighted by atomic mass is 9.81. The Kier molecular flexibility index (Phi) is 3.20. The molecule has 0 saturated carbocycles. The third-order valence-electron chi connectivity index (χ3n) is 1.76. The van der Waals surface area contributed by atoms with Crippen molar-refractivity contribution in [3.63, 3.8) is 0 Å². The quantitative estimate of drug-likeness (QED) is 0.582. The molecule has 1 aromatic heterocycles. The van der Waals surface area contributed by atoms with Gasteiger partial charge >= 0.3 is 19.2 Å². The molecule has 0 aliphatic carbocycles. The molecule has 0 radical (unpaired) electrons. The zero-order valence-corrected chi connectivity index (χ0v) is 7.54. The van der Waals surface area contributed by atoms with Gasteiger partial charge in [0, 0.05) is 11.7 Å². The topological polar surface area (TPSA) is 53.4 Å². The van der Waals surface area contributed by atoms with E-state index < -0.39 is 24.9 Å². The summed E-state index contributed by atoms with van der Waals surface area (Å²) in [6.45, 7) is 0. The fraction of sp³-hybridized carbons (Fsp3) is 0.286. The molecule has 0 saturated heterocycles. The Hall–Kier alpha value is -1.22. The van der Waals surface area contributed by atoms with Crippen LogP contribution < -0.4 is 5.46 Å². The average Bonchev–Trinajstić information content (AvgIpc) is 2.16. The van der Waals surface area contributed by atoms with Crippen LogP contribution in [-0.4, -0.2) is 28.3 Å². The Morgan fingerprint density at radius 3 is 1.94 bits per heavy atom. The van der Waals surface area contributed by atoms with E-state index in [1.54, 1.807) is 0 Å². The van der Waals surface area contributed by atoms with Gasteiger partial charge in [0.05, 0.1) is 0 Å². The first kappa shape index (κ1) is 12.9. The van der Waals surface area contributed by atoms with Crippen LogP contribution in [0.15, 0.2) is 18.3 Å². The number of pyridine rings is 1. The van der Waals surface area contributed by atoms with Crippen molar-refractivity contribution in [3.8, 4) is 0 Å². The van der Waals surface area contributed by atoms with Crippen LogP contribution in [0.25, 0.3) is 0 Å². The molecule has 2 N–H and O–H groups in total. The molecule has 0 aromatic carbocycles. The highest BCUT2D eigenvalue weighted by atomic mass is 19.4. The van der Waals surface area contributed by atoms with Crippen LogP contribution in [0.2, 0.25) is 0 Å². The van der Waals surface area contributed by atoms with E-state index in [1.807, 2.05) is 0 Å². The Bertz CT molecular complexity index is 364. The molecule has 0 spiro atoms. The summed E-state index contributed by atoms with van der Waals surface area (Å²) in [5.74, 6) is -5.06. The number of nitrogens with zero attached hydrogens (tertiary/aromatic N) is 1. The lowest BCUT2D eigenvalue weighted by Crippen LogP contribution is -2.36. The van der Waals surface area contributed by atoms with Gasteiger partial charge in [0.15, 0.2) is 0 Å². The third kappa shape index (κ3) is 2.30. The molecule has 1 aromatic rings. The number of alkyl halides is 5. The molecular weight excluding hydrogens is 236 g/mol. The van der Waals surface area contributed by atoms with Gasteiger partial charge in [-0.3, -0.25) is 4.98 Å². The van der Waals surface area contributed by atoms with Crippen molar-refractivity contribution < 1.29 is 32.0 Å². The highest BCUT2D eigenvalue weighted by Crippen LogP contribution is 2.42. The van der Waals surface area contributed by atoms with Gasteiger partial charge in [-0.2, -0.15) is 22.0 Å². The number of halogens is 5. The van der Waals surface area contributed by atoms with E-state index in [4.69, 9.17) is 10.0 Å². The molecular formula is C7H5BF5NO2. The molecule has 16 heavy (non-hydrogen) atoms. The Balaban J connectivity index is 3.07. The molecule has 0 fully saturated rings. The van der Waals surface area contributed by atoms with Crippen molar-refractivity contribution in [3.05, 3.63) is 24.0 Å². The molecule has 1 rings (SSSR count). The van der Waals surface area contributed by atoms with E-state index in [0.717, 1.165) is 6.07 Å². The van der Waals surface area contributed by atoms with E-state index in [-0.39, 0.29) is 5.46 Å². The fourth-order valence-electron chi connectivity index (χ4n) is 0.889. The van der Waals surface area contributed by atoms with Gasteiger partial charge in [0.1, 0.15) is 5.69 Å². The summed E-state index contributed by atoms with van der Waals surface area (Å²) in [5.41, 5.74) is -1.77. The SMILES string of the molecule is OB(O)c1ccc(C(F)(F)C(F)(F)F)nc1. The molecule has 3 nitrogen and oxygen atoms in total. The minimum Gasteiger partial charge on any atom is -0.423 e. The maximum absolute atomic E-state index is 12.7. The summed E-state index contributed by atoms with van der Waals surface area (Å²) in [7, 11) is -1.97. The van der Waals surface area contributed by atoms with Crippen LogP contribution in [0, 0.1) is 0 Å². The van der Waals surface area contributed by atoms with E-state index in [2.05, 4.69) is 4.98 Å². The molecule has 0 amide bonds. The van der Waals surface area contributed by atoms with Crippen LogP contribution in [0.1, 0.15) is 5.69 Å². The summed E-state index contributed by atoms with van der Waals surface area (Å²) < 4.78 is 61.0. The van der Waals surface area contributed by atoms with Gasteiger partial charge in [0.2, 0.25) is 0 Å².